The summed E-state index contributed by atoms with van der Waals surface area (Å²) < 4.78 is 0.265. The molecule has 1 atom stereocenters. The van der Waals surface area contributed by atoms with Crippen molar-refractivity contribution < 1.29 is 0 Å². The van der Waals surface area contributed by atoms with E-state index in [1.165, 1.54) is 4.88 Å². The van der Waals surface area contributed by atoms with E-state index < -0.39 is 0 Å². The van der Waals surface area contributed by atoms with E-state index in [4.69, 9.17) is 5.73 Å². The van der Waals surface area contributed by atoms with E-state index in [0.29, 0.717) is 0 Å². The summed E-state index contributed by atoms with van der Waals surface area (Å²) in [6.07, 6.45) is 0.998. The summed E-state index contributed by atoms with van der Waals surface area (Å²) >= 11 is 3.99. The van der Waals surface area contributed by atoms with Crippen molar-refractivity contribution in [1.82, 2.24) is 0 Å². The Morgan fingerprint density at radius 3 is 3.00 bits per heavy atom. The van der Waals surface area contributed by atoms with E-state index in [2.05, 4.69) is 40.1 Å². The first-order valence-corrected chi connectivity index (χ1v) is 4.83. The first-order valence-electron chi connectivity index (χ1n) is 2.71. The van der Waals surface area contributed by atoms with Crippen molar-refractivity contribution in [3.05, 3.63) is 22.4 Å². The smallest absolute Gasteiger partial charge is 0.0617 e. The third-order valence-electron chi connectivity index (χ3n) is 0.976. The number of thiophene rings is 1. The van der Waals surface area contributed by atoms with Crippen molar-refractivity contribution in [3.8, 4) is 0 Å². The zero-order chi connectivity index (χ0) is 6.69. The van der Waals surface area contributed by atoms with Crippen molar-refractivity contribution in [3.63, 3.8) is 0 Å². The SMILES string of the molecule is N[C@@H](I)Cc1cccs1. The van der Waals surface area contributed by atoms with Crippen LogP contribution in [0.4, 0.5) is 0 Å². The highest BCUT2D eigenvalue weighted by Crippen LogP contribution is 2.12. The van der Waals surface area contributed by atoms with E-state index in [1.807, 2.05) is 0 Å². The molecular weight excluding hydrogens is 245 g/mol. The van der Waals surface area contributed by atoms with Crippen LogP contribution in [0.5, 0.6) is 0 Å². The summed E-state index contributed by atoms with van der Waals surface area (Å²) in [7, 11) is 0. The predicted octanol–water partition coefficient (Wildman–Crippen LogP) is 2.01. The molecule has 0 radical (unpaired) electrons. The Labute approximate surface area is 72.4 Å². The number of alkyl halides is 1. The van der Waals surface area contributed by atoms with E-state index >= 15 is 0 Å². The van der Waals surface area contributed by atoms with Crippen molar-refractivity contribution >= 4 is 33.9 Å². The second kappa shape index (κ2) is 3.53. The summed E-state index contributed by atoms with van der Waals surface area (Å²) in [4.78, 5) is 1.37. The van der Waals surface area contributed by atoms with Gasteiger partial charge in [0.1, 0.15) is 0 Å². The maximum atomic E-state index is 5.58. The number of rotatable bonds is 2. The van der Waals surface area contributed by atoms with Gasteiger partial charge in [-0.3, -0.25) is 0 Å². The lowest BCUT2D eigenvalue weighted by atomic mass is 10.3. The zero-order valence-electron chi connectivity index (χ0n) is 4.88. The molecule has 1 aromatic heterocycles. The lowest BCUT2D eigenvalue weighted by Gasteiger charge is -1.97. The minimum Gasteiger partial charge on any atom is -0.319 e. The molecule has 0 bridgehead atoms. The van der Waals surface area contributed by atoms with Crippen LogP contribution in [-0.2, 0) is 6.42 Å². The van der Waals surface area contributed by atoms with Gasteiger partial charge in [0.25, 0.3) is 0 Å². The minimum absolute atomic E-state index is 0.265. The Morgan fingerprint density at radius 2 is 2.56 bits per heavy atom. The fourth-order valence-corrected chi connectivity index (χ4v) is 2.16. The highest BCUT2D eigenvalue weighted by Gasteiger charge is 1.97. The highest BCUT2D eigenvalue weighted by molar-refractivity contribution is 14.1. The molecule has 0 unspecified atom stereocenters. The van der Waals surface area contributed by atoms with Crippen molar-refractivity contribution in [2.24, 2.45) is 5.73 Å². The monoisotopic (exact) mass is 253 g/mol. The van der Waals surface area contributed by atoms with Gasteiger partial charge in [0.05, 0.1) is 4.05 Å². The maximum absolute atomic E-state index is 5.58. The van der Waals surface area contributed by atoms with Crippen LogP contribution >= 0.6 is 33.9 Å². The van der Waals surface area contributed by atoms with Gasteiger partial charge in [-0.15, -0.1) is 11.3 Å². The summed E-state index contributed by atoms with van der Waals surface area (Å²) in [6, 6.07) is 4.17. The Morgan fingerprint density at radius 1 is 1.78 bits per heavy atom. The van der Waals surface area contributed by atoms with Crippen LogP contribution in [0.15, 0.2) is 17.5 Å². The molecule has 50 valence electrons. The second-order valence-corrected chi connectivity index (χ2v) is 4.43. The normalized spacial score (nSPS) is 13.6. The number of hydrogen-bond donors (Lipinski definition) is 1. The third-order valence-corrected chi connectivity index (χ3v) is 2.32. The second-order valence-electron chi connectivity index (χ2n) is 1.80. The van der Waals surface area contributed by atoms with Gasteiger partial charge in [0, 0.05) is 11.3 Å². The Bertz CT molecular complexity index is 160. The molecule has 0 fully saturated rings. The lowest BCUT2D eigenvalue weighted by molar-refractivity contribution is 0.953. The molecule has 0 aliphatic rings. The molecule has 0 amide bonds. The van der Waals surface area contributed by atoms with Crippen LogP contribution < -0.4 is 5.73 Å². The summed E-state index contributed by atoms with van der Waals surface area (Å²) in [5, 5.41) is 2.08. The lowest BCUT2D eigenvalue weighted by Crippen LogP contribution is -2.12. The van der Waals surface area contributed by atoms with E-state index in [1.54, 1.807) is 11.3 Å². The van der Waals surface area contributed by atoms with Crippen molar-refractivity contribution in [2.45, 2.75) is 10.5 Å². The molecule has 0 aromatic carbocycles. The fraction of sp³-hybridized carbons (Fsp3) is 0.333. The molecule has 1 nitrogen and oxygen atoms in total. The molecule has 1 rings (SSSR count). The largest absolute Gasteiger partial charge is 0.319 e. The Balaban J connectivity index is 2.48. The quantitative estimate of drug-likeness (QED) is 0.487. The van der Waals surface area contributed by atoms with Gasteiger partial charge in [-0.1, -0.05) is 28.7 Å². The van der Waals surface area contributed by atoms with Gasteiger partial charge >= 0.3 is 0 Å². The molecule has 3 heteroatoms. The fourth-order valence-electron chi connectivity index (χ4n) is 0.621. The van der Waals surface area contributed by atoms with Gasteiger partial charge in [-0.2, -0.15) is 0 Å². The molecule has 0 spiro atoms. The molecule has 0 saturated carbocycles. The molecule has 2 N–H and O–H groups in total. The minimum atomic E-state index is 0.265. The zero-order valence-corrected chi connectivity index (χ0v) is 7.85. The predicted molar refractivity (Wildman–Crippen MR) is 50.0 cm³/mol. The number of hydrogen-bond acceptors (Lipinski definition) is 2. The molecule has 9 heavy (non-hydrogen) atoms. The van der Waals surface area contributed by atoms with E-state index in [0.717, 1.165) is 6.42 Å². The van der Waals surface area contributed by atoms with Crippen LogP contribution in [0.2, 0.25) is 0 Å². The number of nitrogens with two attached hydrogens (primary N) is 1. The average molecular weight is 253 g/mol. The van der Waals surface area contributed by atoms with Crippen LogP contribution in [0.25, 0.3) is 0 Å². The standard InChI is InChI=1S/C6H8INS/c7-6(8)4-5-2-1-3-9-5/h1-3,6H,4,8H2/t6-/m1/s1. The highest BCUT2D eigenvalue weighted by atomic mass is 127. The van der Waals surface area contributed by atoms with Crippen LogP contribution in [0.1, 0.15) is 4.88 Å². The van der Waals surface area contributed by atoms with Crippen molar-refractivity contribution in [1.29, 1.82) is 0 Å². The van der Waals surface area contributed by atoms with Gasteiger partial charge in [0.15, 0.2) is 0 Å². The topological polar surface area (TPSA) is 26.0 Å². The molecule has 0 aliphatic carbocycles. The summed E-state index contributed by atoms with van der Waals surface area (Å²) in [6.45, 7) is 0. The summed E-state index contributed by atoms with van der Waals surface area (Å²) in [5.74, 6) is 0. The van der Waals surface area contributed by atoms with E-state index in [-0.39, 0.29) is 4.05 Å². The van der Waals surface area contributed by atoms with Crippen LogP contribution in [-0.4, -0.2) is 4.05 Å². The molecular formula is C6H8INS. The first kappa shape index (κ1) is 7.50. The number of halogens is 1. The van der Waals surface area contributed by atoms with Gasteiger partial charge < -0.3 is 5.73 Å². The molecule has 1 heterocycles. The molecule has 1 aromatic rings. The Kier molecular flexibility index (Phi) is 2.94. The molecule has 0 aliphatic heterocycles. The van der Waals surface area contributed by atoms with Gasteiger partial charge in [-0.05, 0) is 11.4 Å². The Hall–Kier alpha value is 0.390. The van der Waals surface area contributed by atoms with Crippen LogP contribution in [0.3, 0.4) is 0 Å². The van der Waals surface area contributed by atoms with E-state index in [9.17, 15) is 0 Å². The average Bonchev–Trinajstić information content (AvgIpc) is 2.15. The summed E-state index contributed by atoms with van der Waals surface area (Å²) in [5.41, 5.74) is 5.58. The van der Waals surface area contributed by atoms with Gasteiger partial charge in [-0.25, -0.2) is 0 Å². The maximum Gasteiger partial charge on any atom is 0.0617 e. The van der Waals surface area contributed by atoms with Crippen LogP contribution in [0, 0.1) is 0 Å². The first-order chi connectivity index (χ1) is 4.29. The third kappa shape index (κ3) is 2.64. The van der Waals surface area contributed by atoms with Gasteiger partial charge in [0.2, 0.25) is 0 Å². The molecule has 0 saturated heterocycles. The van der Waals surface area contributed by atoms with Crippen molar-refractivity contribution in [2.75, 3.05) is 0 Å².